The number of hydrogen-bond donors (Lipinski definition) is 1. The predicted octanol–water partition coefficient (Wildman–Crippen LogP) is 4.40. The van der Waals surface area contributed by atoms with Gasteiger partial charge in [0.25, 0.3) is 5.91 Å². The number of benzene rings is 2. The number of nitrogens with zero attached hydrogens (tertiary/aromatic N) is 4. The molecule has 2 aromatic carbocycles. The van der Waals surface area contributed by atoms with Gasteiger partial charge < -0.3 is 14.5 Å². The molecule has 0 spiro atoms. The highest BCUT2D eigenvalue weighted by Gasteiger charge is 2.05. The van der Waals surface area contributed by atoms with Crippen molar-refractivity contribution in [2.75, 3.05) is 6.54 Å². The number of unbranched alkanes of at least 4 members (excludes halogenated alkanes) is 1. The molecule has 1 amide bonds. The van der Waals surface area contributed by atoms with Gasteiger partial charge in [-0.15, -0.1) is 11.5 Å². The highest BCUT2D eigenvalue weighted by atomic mass is 16.5. The molecule has 0 aliphatic rings. The zero-order chi connectivity index (χ0) is 25.0. The third kappa shape index (κ3) is 7.43. The van der Waals surface area contributed by atoms with Crippen molar-refractivity contribution < 1.29 is 13.9 Å². The molecule has 0 aliphatic heterocycles. The van der Waals surface area contributed by atoms with Crippen molar-refractivity contribution in [3.8, 4) is 18.1 Å². The van der Waals surface area contributed by atoms with E-state index in [1.165, 1.54) is 5.56 Å². The van der Waals surface area contributed by atoms with Gasteiger partial charge in [0, 0.05) is 24.4 Å². The van der Waals surface area contributed by atoms with Gasteiger partial charge in [-0.05, 0) is 60.7 Å². The van der Waals surface area contributed by atoms with E-state index in [4.69, 9.17) is 15.6 Å². The molecule has 0 aliphatic carbocycles. The van der Waals surface area contributed by atoms with Gasteiger partial charge in [-0.2, -0.15) is 0 Å². The maximum absolute atomic E-state index is 11.9. The normalized spacial score (nSPS) is 10.9. The summed E-state index contributed by atoms with van der Waals surface area (Å²) < 4.78 is 13.2. The van der Waals surface area contributed by atoms with Gasteiger partial charge >= 0.3 is 0 Å². The fourth-order valence-electron chi connectivity index (χ4n) is 3.48. The second-order valence-corrected chi connectivity index (χ2v) is 8.08. The first-order chi connectivity index (χ1) is 17.7. The molecule has 0 fully saturated rings. The SMILES string of the molecule is C#CCNC(=O)c1ccc(C=Cc2nc(COc3ccc(CCCCn4ccnn4)cc3)co2)cc1. The van der Waals surface area contributed by atoms with E-state index in [0.29, 0.717) is 23.8 Å². The Morgan fingerprint density at radius 3 is 2.69 bits per heavy atom. The van der Waals surface area contributed by atoms with E-state index < -0.39 is 0 Å². The minimum Gasteiger partial charge on any atom is -0.487 e. The number of carbonyl (C=O) groups is 1. The molecule has 2 aromatic heterocycles. The van der Waals surface area contributed by atoms with Gasteiger partial charge in [-0.1, -0.05) is 35.4 Å². The van der Waals surface area contributed by atoms with Gasteiger partial charge in [-0.3, -0.25) is 9.48 Å². The van der Waals surface area contributed by atoms with Gasteiger partial charge in [-0.25, -0.2) is 4.98 Å². The Balaban J connectivity index is 1.20. The summed E-state index contributed by atoms with van der Waals surface area (Å²) in [4.78, 5) is 16.3. The second kappa shape index (κ2) is 12.7. The topological polar surface area (TPSA) is 95.1 Å². The van der Waals surface area contributed by atoms with Crippen LogP contribution in [0.1, 0.15) is 45.9 Å². The van der Waals surface area contributed by atoms with E-state index in [-0.39, 0.29) is 12.5 Å². The number of nitrogens with one attached hydrogen (secondary N) is 1. The summed E-state index contributed by atoms with van der Waals surface area (Å²) in [6.45, 7) is 1.40. The second-order valence-electron chi connectivity index (χ2n) is 8.08. The van der Waals surface area contributed by atoms with Crippen LogP contribution in [0.15, 0.2) is 71.6 Å². The van der Waals surface area contributed by atoms with E-state index in [1.54, 1.807) is 30.7 Å². The molecule has 2 heterocycles. The minimum absolute atomic E-state index is 0.199. The van der Waals surface area contributed by atoms with Crippen molar-refractivity contribution in [3.05, 3.63) is 95.5 Å². The van der Waals surface area contributed by atoms with Crippen molar-refractivity contribution in [2.45, 2.75) is 32.4 Å². The van der Waals surface area contributed by atoms with Crippen LogP contribution in [-0.2, 0) is 19.6 Å². The summed E-state index contributed by atoms with van der Waals surface area (Å²) in [6, 6.07) is 15.3. The number of aryl methyl sites for hydroxylation is 2. The van der Waals surface area contributed by atoms with Gasteiger partial charge in [0.15, 0.2) is 0 Å². The minimum atomic E-state index is -0.199. The lowest BCUT2D eigenvalue weighted by molar-refractivity contribution is 0.0958. The lowest BCUT2D eigenvalue weighted by Crippen LogP contribution is -2.23. The molecule has 0 bridgehead atoms. The fraction of sp³-hybridized carbons (Fsp3) is 0.214. The Labute approximate surface area is 210 Å². The lowest BCUT2D eigenvalue weighted by Gasteiger charge is -2.06. The molecule has 8 nitrogen and oxygen atoms in total. The molecule has 0 radical (unpaired) electrons. The van der Waals surface area contributed by atoms with Crippen LogP contribution in [0.25, 0.3) is 12.2 Å². The van der Waals surface area contributed by atoms with Crippen LogP contribution < -0.4 is 10.1 Å². The first-order valence-electron chi connectivity index (χ1n) is 11.7. The van der Waals surface area contributed by atoms with Gasteiger partial charge in [0.1, 0.15) is 24.3 Å². The molecular formula is C28H27N5O3. The smallest absolute Gasteiger partial charge is 0.252 e. The number of aromatic nitrogens is 4. The molecule has 8 heteroatoms. The number of oxazole rings is 1. The Hall–Kier alpha value is -4.64. The van der Waals surface area contributed by atoms with Crippen LogP contribution in [0.5, 0.6) is 5.75 Å². The number of rotatable bonds is 12. The molecule has 0 unspecified atom stereocenters. The van der Waals surface area contributed by atoms with E-state index in [2.05, 4.69) is 38.7 Å². The van der Waals surface area contributed by atoms with E-state index in [1.807, 2.05) is 41.2 Å². The summed E-state index contributed by atoms with van der Waals surface area (Å²) in [5, 5.41) is 10.4. The standard InChI is InChI=1S/C28H27N5O3/c1-2-16-29-28(34)24-11-6-23(7-12-24)10-15-27-31-25(21-36-27)20-35-26-13-8-22(9-14-26)5-3-4-18-33-19-17-30-32-33/h1,6-15,17,19,21H,3-5,16,18,20H2,(H,29,34). The Morgan fingerprint density at radius 2 is 1.94 bits per heavy atom. The molecule has 1 N–H and O–H groups in total. The van der Waals surface area contributed by atoms with Crippen molar-refractivity contribution in [3.63, 3.8) is 0 Å². The van der Waals surface area contributed by atoms with Gasteiger partial charge in [0.05, 0.1) is 12.7 Å². The number of ether oxygens (including phenoxy) is 1. The molecule has 4 rings (SSSR count). The number of carbonyl (C=O) groups excluding carboxylic acids is 1. The third-order valence-electron chi connectivity index (χ3n) is 5.40. The van der Waals surface area contributed by atoms with Crippen molar-refractivity contribution in [1.29, 1.82) is 0 Å². The van der Waals surface area contributed by atoms with Crippen LogP contribution in [0.4, 0.5) is 0 Å². The first-order valence-corrected chi connectivity index (χ1v) is 11.7. The van der Waals surface area contributed by atoms with Crippen LogP contribution in [0.3, 0.4) is 0 Å². The summed E-state index contributed by atoms with van der Waals surface area (Å²) in [6.07, 6.45) is 17.1. The van der Waals surface area contributed by atoms with Crippen LogP contribution in [0.2, 0.25) is 0 Å². The zero-order valence-electron chi connectivity index (χ0n) is 19.8. The average molecular weight is 482 g/mol. The van der Waals surface area contributed by atoms with Crippen LogP contribution in [0, 0.1) is 12.3 Å². The molecule has 36 heavy (non-hydrogen) atoms. The molecule has 4 aromatic rings. The quantitative estimate of drug-likeness (QED) is 0.238. The number of amides is 1. The Bertz CT molecular complexity index is 1300. The monoisotopic (exact) mass is 481 g/mol. The highest BCUT2D eigenvalue weighted by molar-refractivity contribution is 5.94. The molecule has 182 valence electrons. The van der Waals surface area contributed by atoms with E-state index in [0.717, 1.165) is 37.1 Å². The average Bonchev–Trinajstić information content (AvgIpc) is 3.60. The predicted molar refractivity (Wildman–Crippen MR) is 137 cm³/mol. The van der Waals surface area contributed by atoms with Gasteiger partial charge in [0.2, 0.25) is 5.89 Å². The zero-order valence-corrected chi connectivity index (χ0v) is 19.8. The molecule has 0 saturated heterocycles. The summed E-state index contributed by atoms with van der Waals surface area (Å²) in [5.41, 5.74) is 3.44. The summed E-state index contributed by atoms with van der Waals surface area (Å²) in [7, 11) is 0. The Morgan fingerprint density at radius 1 is 1.11 bits per heavy atom. The van der Waals surface area contributed by atoms with Crippen LogP contribution in [-0.4, -0.2) is 32.4 Å². The van der Waals surface area contributed by atoms with Crippen molar-refractivity contribution in [1.82, 2.24) is 25.3 Å². The third-order valence-corrected chi connectivity index (χ3v) is 5.40. The molecule has 0 saturated carbocycles. The summed E-state index contributed by atoms with van der Waals surface area (Å²) in [5.74, 6) is 3.44. The van der Waals surface area contributed by atoms with E-state index >= 15 is 0 Å². The molecule has 0 atom stereocenters. The molecular weight excluding hydrogens is 454 g/mol. The maximum Gasteiger partial charge on any atom is 0.252 e. The fourth-order valence-corrected chi connectivity index (χ4v) is 3.48. The van der Waals surface area contributed by atoms with Crippen molar-refractivity contribution >= 4 is 18.1 Å². The highest BCUT2D eigenvalue weighted by Crippen LogP contribution is 2.16. The van der Waals surface area contributed by atoms with Crippen LogP contribution >= 0.6 is 0 Å². The first kappa shape index (κ1) is 24.5. The largest absolute Gasteiger partial charge is 0.487 e. The van der Waals surface area contributed by atoms with E-state index in [9.17, 15) is 4.79 Å². The maximum atomic E-state index is 11.9. The summed E-state index contributed by atoms with van der Waals surface area (Å²) >= 11 is 0. The number of hydrogen-bond acceptors (Lipinski definition) is 6. The van der Waals surface area contributed by atoms with Crippen molar-refractivity contribution in [2.24, 2.45) is 0 Å². The Kier molecular flexibility index (Phi) is 8.65. The number of terminal acetylenes is 1. The lowest BCUT2D eigenvalue weighted by atomic mass is 10.1.